The van der Waals surface area contributed by atoms with E-state index in [1.165, 1.54) is 36.8 Å². The Labute approximate surface area is 241 Å². The largest absolute Gasteiger partial charge is 0.478 e. The van der Waals surface area contributed by atoms with Crippen molar-refractivity contribution in [1.29, 1.82) is 0 Å². The predicted octanol–water partition coefficient (Wildman–Crippen LogP) is -1.23. The number of aliphatic carboxylic acids is 1. The molecule has 0 bridgehead atoms. The van der Waals surface area contributed by atoms with Crippen LogP contribution in [-0.4, -0.2) is 99.1 Å². The minimum absolute atomic E-state index is 0.0475. The lowest BCUT2D eigenvalue weighted by molar-refractivity contribution is -0.161. The van der Waals surface area contributed by atoms with Gasteiger partial charge in [0.15, 0.2) is 10.8 Å². The molecule has 3 amide bonds. The Morgan fingerprint density at radius 2 is 2.10 bits per heavy atom. The number of carbonyl (C=O) groups excluding carboxylic acids is 3. The fourth-order valence-corrected chi connectivity index (χ4v) is 6.30. The summed E-state index contributed by atoms with van der Waals surface area (Å²) in [7, 11) is -5.04. The third kappa shape index (κ3) is 6.62. The van der Waals surface area contributed by atoms with Crippen LogP contribution in [0.5, 0.6) is 0 Å². The van der Waals surface area contributed by atoms with Gasteiger partial charge >= 0.3 is 16.3 Å². The normalized spacial score (nSPS) is 21.3. The van der Waals surface area contributed by atoms with Gasteiger partial charge in [0.1, 0.15) is 16.6 Å². The van der Waals surface area contributed by atoms with Gasteiger partial charge in [-0.3, -0.25) is 18.9 Å². The standard InChI is InChI=1S/C21H26N8O9S3/c1-21(2,19(33)34)38-28-13(10-8-39-20(22)26-10)16(31)27-14-11(29(18(14)32)41(35,36)37)6-24-15(30)12-7-25-17(40-12)9-3-4-23-5-9/h7-9,11,14,23H,3-6H2,1-2H3,(H2,22,26)(H,24,30)(H,27,31)(H,33,34)(H,35,36,37)/b28-13-/t9-,11-,14+/m1/s1. The maximum absolute atomic E-state index is 13.2. The third-order valence-corrected chi connectivity index (χ3v) is 8.97. The number of amides is 3. The first-order valence-electron chi connectivity index (χ1n) is 12.0. The molecule has 4 heterocycles. The summed E-state index contributed by atoms with van der Waals surface area (Å²) in [6.45, 7) is 3.47. The first kappa shape index (κ1) is 30.2. The van der Waals surface area contributed by atoms with E-state index in [9.17, 15) is 37.3 Å². The van der Waals surface area contributed by atoms with Crippen LogP contribution in [0, 0.1) is 0 Å². The van der Waals surface area contributed by atoms with E-state index in [2.05, 4.69) is 31.1 Å². The molecule has 7 N–H and O–H groups in total. The van der Waals surface area contributed by atoms with Gasteiger partial charge in [-0.2, -0.15) is 8.42 Å². The number of carboxylic acid groups (broad SMARTS) is 1. The Hall–Kier alpha value is -3.72. The van der Waals surface area contributed by atoms with Gasteiger partial charge < -0.3 is 31.6 Å². The highest BCUT2D eigenvalue weighted by atomic mass is 32.2. The monoisotopic (exact) mass is 630 g/mol. The number of β-lactam (4-membered cyclic amide) rings is 1. The van der Waals surface area contributed by atoms with Crippen LogP contribution in [0.25, 0.3) is 0 Å². The number of hydrogen-bond donors (Lipinski definition) is 6. The number of nitrogens with two attached hydrogens (primary N) is 1. The number of nitrogen functional groups attached to an aromatic ring is 1. The predicted molar refractivity (Wildman–Crippen MR) is 145 cm³/mol. The first-order chi connectivity index (χ1) is 19.2. The number of carbonyl (C=O) groups is 4. The van der Waals surface area contributed by atoms with E-state index in [1.807, 2.05) is 0 Å². The lowest BCUT2D eigenvalue weighted by Gasteiger charge is -2.44. The summed E-state index contributed by atoms with van der Waals surface area (Å²) in [6.07, 6.45) is 2.27. The molecule has 0 aromatic carbocycles. The maximum Gasteiger partial charge on any atom is 0.362 e. The number of carboxylic acids is 1. The fraction of sp³-hybridized carbons (Fsp3) is 0.476. The first-order valence-corrected chi connectivity index (χ1v) is 15.1. The average molecular weight is 631 g/mol. The van der Waals surface area contributed by atoms with Crippen LogP contribution in [-0.2, 0) is 29.5 Å². The van der Waals surface area contributed by atoms with Crippen LogP contribution in [0.2, 0.25) is 0 Å². The Kier molecular flexibility index (Phi) is 8.59. The molecule has 0 aliphatic carbocycles. The number of hydrogen-bond acceptors (Lipinski definition) is 14. The lowest BCUT2D eigenvalue weighted by atomic mass is 9.98. The molecule has 0 unspecified atom stereocenters. The van der Waals surface area contributed by atoms with Gasteiger partial charge in [0.05, 0.1) is 17.2 Å². The van der Waals surface area contributed by atoms with Crippen molar-refractivity contribution in [3.05, 3.63) is 27.2 Å². The van der Waals surface area contributed by atoms with Crippen molar-refractivity contribution in [2.75, 3.05) is 25.4 Å². The van der Waals surface area contributed by atoms with Crippen molar-refractivity contribution in [2.45, 2.75) is 43.9 Å². The molecule has 0 saturated carbocycles. The molecule has 222 valence electrons. The van der Waals surface area contributed by atoms with E-state index in [4.69, 9.17) is 10.6 Å². The van der Waals surface area contributed by atoms with Gasteiger partial charge in [0.25, 0.3) is 17.7 Å². The molecule has 3 atom stereocenters. The maximum atomic E-state index is 13.2. The smallest absolute Gasteiger partial charge is 0.362 e. The van der Waals surface area contributed by atoms with Gasteiger partial charge in [0.2, 0.25) is 5.60 Å². The molecule has 0 spiro atoms. The topological polar surface area (TPSA) is 256 Å². The molecule has 4 rings (SSSR count). The molecule has 0 radical (unpaired) electrons. The van der Waals surface area contributed by atoms with Crippen LogP contribution < -0.4 is 21.7 Å². The van der Waals surface area contributed by atoms with Crippen LogP contribution in [0.1, 0.15) is 46.6 Å². The Morgan fingerprint density at radius 1 is 1.37 bits per heavy atom. The zero-order valence-corrected chi connectivity index (χ0v) is 24.0. The van der Waals surface area contributed by atoms with E-state index in [-0.39, 0.29) is 25.9 Å². The Morgan fingerprint density at radius 3 is 2.68 bits per heavy atom. The minimum Gasteiger partial charge on any atom is -0.478 e. The summed E-state index contributed by atoms with van der Waals surface area (Å²) in [5.41, 5.74) is 3.13. The molecule has 2 aliphatic rings. The molecule has 2 fully saturated rings. The summed E-state index contributed by atoms with van der Waals surface area (Å²) in [5, 5.41) is 23.0. The van der Waals surface area contributed by atoms with Crippen LogP contribution >= 0.6 is 22.7 Å². The number of aromatic nitrogens is 2. The van der Waals surface area contributed by atoms with Crippen molar-refractivity contribution < 1.29 is 42.1 Å². The summed E-state index contributed by atoms with van der Waals surface area (Å²) < 4.78 is 33.4. The van der Waals surface area contributed by atoms with Crippen LogP contribution in [0.3, 0.4) is 0 Å². The van der Waals surface area contributed by atoms with E-state index in [0.717, 1.165) is 35.9 Å². The van der Waals surface area contributed by atoms with Crippen molar-refractivity contribution in [3.8, 4) is 0 Å². The van der Waals surface area contributed by atoms with Crippen LogP contribution in [0.15, 0.2) is 16.7 Å². The molecule has 2 aliphatic heterocycles. The highest BCUT2D eigenvalue weighted by Gasteiger charge is 2.54. The second-order valence-electron chi connectivity index (χ2n) is 9.51. The van der Waals surface area contributed by atoms with Gasteiger partial charge in [0, 0.05) is 24.4 Å². The summed E-state index contributed by atoms with van der Waals surface area (Å²) in [5.74, 6) is -4.07. The van der Waals surface area contributed by atoms with Crippen molar-refractivity contribution in [1.82, 2.24) is 30.2 Å². The molecule has 2 saturated heterocycles. The third-order valence-electron chi connectivity index (χ3n) is 6.19. The Bertz CT molecular complexity index is 1500. The van der Waals surface area contributed by atoms with E-state index >= 15 is 0 Å². The second kappa shape index (κ2) is 11.6. The number of rotatable bonds is 11. The summed E-state index contributed by atoms with van der Waals surface area (Å²) in [6, 6.07) is -2.94. The van der Waals surface area contributed by atoms with Gasteiger partial charge in [-0.05, 0) is 26.8 Å². The second-order valence-corrected chi connectivity index (χ2v) is 12.8. The van der Waals surface area contributed by atoms with Gasteiger partial charge in [-0.25, -0.2) is 19.1 Å². The van der Waals surface area contributed by atoms with Crippen molar-refractivity contribution >= 4 is 67.5 Å². The highest BCUT2D eigenvalue weighted by molar-refractivity contribution is 7.84. The fourth-order valence-electron chi connectivity index (χ4n) is 3.90. The number of anilines is 1. The molecule has 2 aromatic rings. The average Bonchev–Trinajstić information content (AvgIpc) is 3.66. The number of nitrogens with one attached hydrogen (secondary N) is 3. The SMILES string of the molecule is CC(C)(O/N=C(\C(=O)N[C@@H]1C(=O)N(S(=O)(=O)O)[C@@H]1CNC(=O)c1cnc([C@@H]2CCNC2)s1)c1csc(N)n1)C(=O)O. The Balaban J connectivity index is 1.50. The molecular weight excluding hydrogens is 604 g/mol. The number of thiazole rings is 2. The van der Waals surface area contributed by atoms with Crippen LogP contribution in [0.4, 0.5) is 5.13 Å². The highest BCUT2D eigenvalue weighted by Crippen LogP contribution is 2.27. The molecule has 2 aromatic heterocycles. The number of nitrogens with zero attached hydrogens (tertiary/aromatic N) is 4. The molecular formula is C21H26N8O9S3. The lowest BCUT2D eigenvalue weighted by Crippen LogP contribution is -2.74. The quantitative estimate of drug-likeness (QED) is 0.0737. The zero-order valence-electron chi connectivity index (χ0n) is 21.6. The van der Waals surface area contributed by atoms with E-state index in [1.54, 1.807) is 0 Å². The minimum atomic E-state index is -5.04. The van der Waals surface area contributed by atoms with E-state index in [0.29, 0.717) is 0 Å². The molecule has 17 nitrogen and oxygen atoms in total. The van der Waals surface area contributed by atoms with Crippen molar-refractivity contribution in [3.63, 3.8) is 0 Å². The number of oxime groups is 1. The molecule has 41 heavy (non-hydrogen) atoms. The summed E-state index contributed by atoms with van der Waals surface area (Å²) >= 11 is 2.12. The van der Waals surface area contributed by atoms with Gasteiger partial charge in [-0.15, -0.1) is 22.7 Å². The molecule has 20 heteroatoms. The van der Waals surface area contributed by atoms with Crippen molar-refractivity contribution in [2.24, 2.45) is 5.16 Å². The van der Waals surface area contributed by atoms with E-state index < -0.39 is 63.9 Å². The zero-order chi connectivity index (χ0) is 30.1. The van der Waals surface area contributed by atoms with Gasteiger partial charge in [-0.1, -0.05) is 5.16 Å². The summed E-state index contributed by atoms with van der Waals surface area (Å²) in [4.78, 5) is 63.4.